The van der Waals surface area contributed by atoms with E-state index in [0.717, 1.165) is 36.2 Å². The molecule has 0 aliphatic heterocycles. The number of amides is 1. The lowest BCUT2D eigenvalue weighted by atomic mass is 9.95. The number of hydrogen-bond donors (Lipinski definition) is 1. The molecule has 0 saturated heterocycles. The van der Waals surface area contributed by atoms with Crippen LogP contribution in [-0.2, 0) is 19.6 Å². The molecule has 0 spiro atoms. The Labute approximate surface area is 115 Å². The van der Waals surface area contributed by atoms with Gasteiger partial charge in [-0.05, 0) is 12.8 Å². The number of methoxy groups -OCH3 is 1. The molecule has 1 saturated carbocycles. The highest BCUT2D eigenvalue weighted by molar-refractivity contribution is 7.88. The van der Waals surface area contributed by atoms with Gasteiger partial charge >= 0.3 is 0 Å². The summed E-state index contributed by atoms with van der Waals surface area (Å²) >= 11 is 0. The largest absolute Gasteiger partial charge is 0.383 e. The maximum Gasteiger partial charge on any atom is 0.235 e. The fourth-order valence-corrected chi connectivity index (χ4v) is 2.99. The van der Waals surface area contributed by atoms with Gasteiger partial charge in [-0.3, -0.25) is 4.79 Å². The van der Waals surface area contributed by atoms with E-state index in [0.29, 0.717) is 0 Å². The van der Waals surface area contributed by atoms with Gasteiger partial charge < -0.3 is 10.1 Å². The summed E-state index contributed by atoms with van der Waals surface area (Å²) in [5.41, 5.74) is 0. The first kappa shape index (κ1) is 16.4. The third-order valence-corrected chi connectivity index (χ3v) is 4.55. The second-order valence-electron chi connectivity index (χ2n) is 4.99. The van der Waals surface area contributed by atoms with Crippen molar-refractivity contribution in [2.75, 3.05) is 33.1 Å². The van der Waals surface area contributed by atoms with Crippen LogP contribution in [0.4, 0.5) is 0 Å². The summed E-state index contributed by atoms with van der Waals surface area (Å²) in [6.07, 6.45) is 6.56. The van der Waals surface area contributed by atoms with Crippen molar-refractivity contribution in [2.24, 2.45) is 0 Å². The Morgan fingerprint density at radius 1 is 1.32 bits per heavy atom. The van der Waals surface area contributed by atoms with Gasteiger partial charge in [0, 0.05) is 19.7 Å². The van der Waals surface area contributed by atoms with Crippen LogP contribution in [0, 0.1) is 0 Å². The lowest BCUT2D eigenvalue weighted by molar-refractivity contribution is -0.122. The zero-order valence-corrected chi connectivity index (χ0v) is 12.5. The van der Waals surface area contributed by atoms with Crippen molar-refractivity contribution in [1.29, 1.82) is 0 Å². The quantitative estimate of drug-likeness (QED) is 0.734. The van der Waals surface area contributed by atoms with Crippen molar-refractivity contribution in [2.45, 2.75) is 38.1 Å². The van der Waals surface area contributed by atoms with Gasteiger partial charge in [-0.2, -0.15) is 4.31 Å². The standard InChI is InChI=1S/C12H24N2O4S/c1-18-9-8-14(19(2,16)17)10-12(15)13-11-6-4-3-5-7-11/h11H,3-10H2,1-2H3,(H,13,15). The number of hydrogen-bond acceptors (Lipinski definition) is 4. The second kappa shape index (κ2) is 7.81. The first-order valence-electron chi connectivity index (χ1n) is 6.67. The molecule has 1 aliphatic rings. The molecule has 1 amide bonds. The number of nitrogens with one attached hydrogen (secondary N) is 1. The molecule has 1 rings (SSSR count). The van der Waals surface area contributed by atoms with E-state index < -0.39 is 10.0 Å². The predicted molar refractivity (Wildman–Crippen MR) is 73.3 cm³/mol. The number of ether oxygens (including phenoxy) is 1. The van der Waals surface area contributed by atoms with E-state index in [9.17, 15) is 13.2 Å². The first-order chi connectivity index (χ1) is 8.93. The summed E-state index contributed by atoms with van der Waals surface area (Å²) in [4.78, 5) is 11.9. The van der Waals surface area contributed by atoms with Crippen LogP contribution in [0.5, 0.6) is 0 Å². The Balaban J connectivity index is 2.46. The van der Waals surface area contributed by atoms with E-state index >= 15 is 0 Å². The maximum absolute atomic E-state index is 11.9. The van der Waals surface area contributed by atoms with Crippen LogP contribution < -0.4 is 5.32 Å². The van der Waals surface area contributed by atoms with Gasteiger partial charge in [-0.25, -0.2) is 8.42 Å². The van der Waals surface area contributed by atoms with Gasteiger partial charge in [0.2, 0.25) is 15.9 Å². The van der Waals surface area contributed by atoms with E-state index in [1.165, 1.54) is 13.5 Å². The maximum atomic E-state index is 11.9. The fraction of sp³-hybridized carbons (Fsp3) is 0.917. The monoisotopic (exact) mass is 292 g/mol. The number of nitrogens with zero attached hydrogens (tertiary/aromatic N) is 1. The molecule has 0 aromatic rings. The van der Waals surface area contributed by atoms with Crippen molar-refractivity contribution in [3.63, 3.8) is 0 Å². The van der Waals surface area contributed by atoms with Crippen molar-refractivity contribution >= 4 is 15.9 Å². The highest BCUT2D eigenvalue weighted by atomic mass is 32.2. The molecule has 0 aromatic heterocycles. The molecule has 112 valence electrons. The first-order valence-corrected chi connectivity index (χ1v) is 8.51. The zero-order chi connectivity index (χ0) is 14.3. The van der Waals surface area contributed by atoms with Crippen molar-refractivity contribution in [3.8, 4) is 0 Å². The number of rotatable bonds is 7. The lowest BCUT2D eigenvalue weighted by Crippen LogP contribution is -2.45. The summed E-state index contributed by atoms with van der Waals surface area (Å²) in [6.45, 7) is 0.357. The molecule has 0 bridgehead atoms. The van der Waals surface area contributed by atoms with E-state index in [1.54, 1.807) is 0 Å². The Morgan fingerprint density at radius 3 is 2.47 bits per heavy atom. The summed E-state index contributed by atoms with van der Waals surface area (Å²) < 4.78 is 29.1. The van der Waals surface area contributed by atoms with Crippen LogP contribution in [0.15, 0.2) is 0 Å². The third kappa shape index (κ3) is 6.35. The van der Waals surface area contributed by atoms with E-state index in [1.807, 2.05) is 0 Å². The minimum Gasteiger partial charge on any atom is -0.383 e. The predicted octanol–water partition coefficient (Wildman–Crippen LogP) is 0.343. The molecule has 0 aromatic carbocycles. The van der Waals surface area contributed by atoms with Crippen molar-refractivity contribution in [1.82, 2.24) is 9.62 Å². The van der Waals surface area contributed by atoms with Gasteiger partial charge in [0.1, 0.15) is 0 Å². The Hall–Kier alpha value is -0.660. The molecule has 0 unspecified atom stereocenters. The Bertz CT molecular complexity index is 377. The third-order valence-electron chi connectivity index (χ3n) is 3.30. The van der Waals surface area contributed by atoms with Gasteiger partial charge in [0.05, 0.1) is 19.4 Å². The minimum absolute atomic E-state index is 0.126. The number of carbonyl (C=O) groups excluding carboxylic acids is 1. The molecule has 0 radical (unpaired) electrons. The summed E-state index contributed by atoms with van der Waals surface area (Å²) in [5.74, 6) is -0.228. The normalized spacial score (nSPS) is 17.6. The minimum atomic E-state index is -3.38. The molecule has 0 atom stereocenters. The van der Waals surface area contributed by atoms with Crippen LogP contribution in [0.1, 0.15) is 32.1 Å². The number of sulfonamides is 1. The lowest BCUT2D eigenvalue weighted by Gasteiger charge is -2.25. The molecule has 0 heterocycles. The molecule has 1 aliphatic carbocycles. The van der Waals surface area contributed by atoms with Gasteiger partial charge in [-0.1, -0.05) is 19.3 Å². The van der Waals surface area contributed by atoms with E-state index in [-0.39, 0.29) is 31.6 Å². The zero-order valence-electron chi connectivity index (χ0n) is 11.7. The highest BCUT2D eigenvalue weighted by Crippen LogP contribution is 2.17. The molecule has 7 heteroatoms. The van der Waals surface area contributed by atoms with Crippen LogP contribution in [0.3, 0.4) is 0 Å². The smallest absolute Gasteiger partial charge is 0.235 e. The molecule has 19 heavy (non-hydrogen) atoms. The van der Waals surface area contributed by atoms with E-state index in [2.05, 4.69) is 5.32 Å². The van der Waals surface area contributed by atoms with Crippen molar-refractivity contribution in [3.05, 3.63) is 0 Å². The molecule has 1 fully saturated rings. The van der Waals surface area contributed by atoms with Crippen LogP contribution in [0.25, 0.3) is 0 Å². The Kier molecular flexibility index (Phi) is 6.74. The summed E-state index contributed by atoms with van der Waals surface area (Å²) in [6, 6.07) is 0.199. The molecular weight excluding hydrogens is 268 g/mol. The molecule has 1 N–H and O–H groups in total. The topological polar surface area (TPSA) is 75.7 Å². The van der Waals surface area contributed by atoms with Gasteiger partial charge in [0.15, 0.2) is 0 Å². The van der Waals surface area contributed by atoms with Crippen LogP contribution >= 0.6 is 0 Å². The molecular formula is C12H24N2O4S. The van der Waals surface area contributed by atoms with Gasteiger partial charge in [-0.15, -0.1) is 0 Å². The van der Waals surface area contributed by atoms with Gasteiger partial charge in [0.25, 0.3) is 0 Å². The Morgan fingerprint density at radius 2 is 1.95 bits per heavy atom. The van der Waals surface area contributed by atoms with E-state index in [4.69, 9.17) is 4.74 Å². The SMILES string of the molecule is COCCN(CC(=O)NC1CCCCC1)S(C)(=O)=O. The summed E-state index contributed by atoms with van der Waals surface area (Å²) in [7, 11) is -1.88. The fourth-order valence-electron chi connectivity index (χ4n) is 2.24. The average molecular weight is 292 g/mol. The van der Waals surface area contributed by atoms with Crippen LogP contribution in [0.2, 0.25) is 0 Å². The average Bonchev–Trinajstić information content (AvgIpc) is 2.34. The van der Waals surface area contributed by atoms with Crippen LogP contribution in [-0.4, -0.2) is 57.7 Å². The summed E-state index contributed by atoms with van der Waals surface area (Å²) in [5, 5.41) is 2.91. The second-order valence-corrected chi connectivity index (χ2v) is 6.97. The number of carbonyl (C=O) groups is 1. The van der Waals surface area contributed by atoms with Crippen molar-refractivity contribution < 1.29 is 17.9 Å². The molecule has 6 nitrogen and oxygen atoms in total. The highest BCUT2D eigenvalue weighted by Gasteiger charge is 2.22.